The summed E-state index contributed by atoms with van der Waals surface area (Å²) < 4.78 is 16.0. The minimum atomic E-state index is -1.12. The Bertz CT molecular complexity index is 867. The van der Waals surface area contributed by atoms with Gasteiger partial charge in [0, 0.05) is 38.5 Å². The minimum Gasteiger partial charge on any atom is -0.497 e. The van der Waals surface area contributed by atoms with E-state index < -0.39 is 5.97 Å². The van der Waals surface area contributed by atoms with Gasteiger partial charge in [-0.05, 0) is 12.1 Å². The second kappa shape index (κ2) is 9.45. The molecule has 9 nitrogen and oxygen atoms in total. The highest BCUT2D eigenvalue weighted by atomic mass is 16.5. The summed E-state index contributed by atoms with van der Waals surface area (Å²) in [4.78, 5) is 21.6. The topological polar surface area (TPSA) is 106 Å². The number of aliphatic carboxylic acids is 1. The molecule has 0 aliphatic heterocycles. The van der Waals surface area contributed by atoms with Gasteiger partial charge >= 0.3 is 5.97 Å². The fraction of sp³-hybridized carbons (Fsp3) is 0.316. The molecule has 0 aliphatic rings. The van der Waals surface area contributed by atoms with E-state index in [2.05, 4.69) is 15.3 Å². The molecule has 1 aromatic heterocycles. The second-order valence-electron chi connectivity index (χ2n) is 5.95. The lowest BCUT2D eigenvalue weighted by molar-refractivity contribution is -0.130. The lowest BCUT2D eigenvalue weighted by Crippen LogP contribution is -2.12. The summed E-state index contributed by atoms with van der Waals surface area (Å²) in [5.74, 6) is 0.830. The van der Waals surface area contributed by atoms with Gasteiger partial charge in [0.25, 0.3) is 0 Å². The largest absolute Gasteiger partial charge is 0.497 e. The highest BCUT2D eigenvalue weighted by molar-refractivity contribution is 6.15. The molecule has 1 aromatic carbocycles. The third-order valence-corrected chi connectivity index (χ3v) is 3.82. The molecule has 0 atom stereocenters. The molecule has 0 saturated heterocycles. The molecule has 0 fully saturated rings. The van der Waals surface area contributed by atoms with Crippen molar-refractivity contribution < 1.29 is 24.1 Å². The summed E-state index contributed by atoms with van der Waals surface area (Å²) in [5, 5.41) is 12.7. The van der Waals surface area contributed by atoms with Crippen molar-refractivity contribution in [2.24, 2.45) is 0 Å². The fourth-order valence-electron chi connectivity index (χ4n) is 2.54. The average molecular weight is 388 g/mol. The number of carbonyl (C=O) groups is 1. The number of methoxy groups -OCH3 is 3. The van der Waals surface area contributed by atoms with Gasteiger partial charge in [0.15, 0.2) is 11.6 Å². The molecule has 0 saturated carbocycles. The summed E-state index contributed by atoms with van der Waals surface area (Å²) >= 11 is 0. The van der Waals surface area contributed by atoms with Crippen LogP contribution in [0.2, 0.25) is 0 Å². The van der Waals surface area contributed by atoms with Crippen LogP contribution in [0, 0.1) is 0 Å². The molecule has 2 aromatic rings. The highest BCUT2D eigenvalue weighted by Crippen LogP contribution is 2.31. The third-order valence-electron chi connectivity index (χ3n) is 3.82. The Balaban J connectivity index is 2.36. The number of carboxylic acids is 1. The number of rotatable bonds is 9. The Morgan fingerprint density at radius 1 is 1.18 bits per heavy atom. The van der Waals surface area contributed by atoms with E-state index in [1.165, 1.54) is 19.6 Å². The van der Waals surface area contributed by atoms with Gasteiger partial charge in [-0.15, -0.1) is 0 Å². The van der Waals surface area contributed by atoms with Gasteiger partial charge in [-0.25, -0.2) is 14.8 Å². The van der Waals surface area contributed by atoms with Crippen LogP contribution in [0.5, 0.6) is 17.2 Å². The van der Waals surface area contributed by atoms with Crippen LogP contribution in [0.15, 0.2) is 30.7 Å². The van der Waals surface area contributed by atoms with Crippen LogP contribution in [0.25, 0.3) is 5.57 Å². The first kappa shape index (κ1) is 20.8. The number of nitrogens with one attached hydrogen (secondary N) is 1. The lowest BCUT2D eigenvalue weighted by atomic mass is 10.1. The summed E-state index contributed by atoms with van der Waals surface area (Å²) in [7, 11) is 8.06. The quantitative estimate of drug-likeness (QED) is 0.625. The van der Waals surface area contributed by atoms with E-state index in [1.54, 1.807) is 39.3 Å². The summed E-state index contributed by atoms with van der Waals surface area (Å²) in [6.07, 6.45) is 2.75. The Hall–Kier alpha value is -3.49. The van der Waals surface area contributed by atoms with E-state index in [0.717, 1.165) is 5.56 Å². The van der Waals surface area contributed by atoms with Crippen molar-refractivity contribution in [1.29, 1.82) is 0 Å². The first-order valence-corrected chi connectivity index (χ1v) is 8.36. The van der Waals surface area contributed by atoms with Crippen LogP contribution in [-0.2, 0) is 11.3 Å². The molecule has 150 valence electrons. The summed E-state index contributed by atoms with van der Waals surface area (Å²) in [5.41, 5.74) is 1.05. The molecule has 0 radical (unpaired) electrons. The molecule has 0 amide bonds. The molecule has 2 rings (SSSR count). The zero-order valence-electron chi connectivity index (χ0n) is 16.5. The van der Waals surface area contributed by atoms with Crippen molar-refractivity contribution in [2.75, 3.05) is 40.7 Å². The summed E-state index contributed by atoms with van der Waals surface area (Å²) in [6.45, 7) is 0.375. The second-order valence-corrected chi connectivity index (χ2v) is 5.95. The lowest BCUT2D eigenvalue weighted by Gasteiger charge is -2.16. The van der Waals surface area contributed by atoms with Gasteiger partial charge < -0.3 is 29.5 Å². The van der Waals surface area contributed by atoms with Crippen molar-refractivity contribution in [1.82, 2.24) is 14.9 Å². The maximum Gasteiger partial charge on any atom is 0.339 e. The fourth-order valence-corrected chi connectivity index (χ4v) is 2.54. The first-order chi connectivity index (χ1) is 13.4. The molecule has 0 aliphatic carbocycles. The van der Waals surface area contributed by atoms with Crippen molar-refractivity contribution >= 4 is 17.4 Å². The van der Waals surface area contributed by atoms with Crippen LogP contribution >= 0.6 is 0 Å². The standard InChI is InChI=1S/C19H24N4O5/c1-23(2)10-14(19(24)25)16-17(28-5)18(22-11-21-16)20-9-12-6-7-13(26-3)8-15(12)27-4/h6-8,10-11H,9H2,1-5H3,(H,24,25)(H,20,21,22). The zero-order valence-corrected chi connectivity index (χ0v) is 16.5. The van der Waals surface area contributed by atoms with Gasteiger partial charge in [-0.2, -0.15) is 0 Å². The van der Waals surface area contributed by atoms with Crippen molar-refractivity contribution in [3.8, 4) is 17.2 Å². The average Bonchev–Trinajstić information content (AvgIpc) is 2.69. The third kappa shape index (κ3) is 4.81. The Morgan fingerprint density at radius 2 is 1.93 bits per heavy atom. The molecule has 9 heteroatoms. The van der Waals surface area contributed by atoms with Gasteiger partial charge in [-0.1, -0.05) is 0 Å². The number of ether oxygens (including phenoxy) is 3. The monoisotopic (exact) mass is 388 g/mol. The Labute approximate surface area is 163 Å². The van der Waals surface area contributed by atoms with Crippen LogP contribution in [0.3, 0.4) is 0 Å². The summed E-state index contributed by atoms with van der Waals surface area (Å²) in [6, 6.07) is 5.47. The highest BCUT2D eigenvalue weighted by Gasteiger charge is 2.21. The number of benzene rings is 1. The predicted molar refractivity (Wildman–Crippen MR) is 105 cm³/mol. The van der Waals surface area contributed by atoms with Gasteiger partial charge in [-0.3, -0.25) is 0 Å². The number of hydrogen-bond donors (Lipinski definition) is 2. The van der Waals surface area contributed by atoms with E-state index in [0.29, 0.717) is 23.9 Å². The number of hydrogen-bond acceptors (Lipinski definition) is 8. The molecule has 28 heavy (non-hydrogen) atoms. The molecular weight excluding hydrogens is 364 g/mol. The number of carboxylic acid groups (broad SMARTS) is 1. The maximum atomic E-state index is 11.7. The number of anilines is 1. The molecular formula is C19H24N4O5. The van der Waals surface area contributed by atoms with Crippen LogP contribution < -0.4 is 19.5 Å². The van der Waals surface area contributed by atoms with Gasteiger partial charge in [0.1, 0.15) is 29.1 Å². The molecule has 0 spiro atoms. The Morgan fingerprint density at radius 3 is 2.50 bits per heavy atom. The number of aromatic nitrogens is 2. The van der Waals surface area contributed by atoms with Crippen molar-refractivity contribution in [2.45, 2.75) is 6.54 Å². The molecule has 1 heterocycles. The minimum absolute atomic E-state index is 0.00525. The van der Waals surface area contributed by atoms with Crippen LogP contribution in [0.4, 0.5) is 5.82 Å². The van der Waals surface area contributed by atoms with E-state index in [9.17, 15) is 9.90 Å². The molecule has 2 N–H and O–H groups in total. The van der Waals surface area contributed by atoms with E-state index in [-0.39, 0.29) is 17.0 Å². The number of nitrogens with zero attached hydrogens (tertiary/aromatic N) is 3. The van der Waals surface area contributed by atoms with Gasteiger partial charge in [0.05, 0.1) is 21.3 Å². The van der Waals surface area contributed by atoms with E-state index in [1.807, 2.05) is 12.1 Å². The Kier molecular flexibility index (Phi) is 7.02. The van der Waals surface area contributed by atoms with E-state index >= 15 is 0 Å². The maximum absolute atomic E-state index is 11.7. The predicted octanol–water partition coefficient (Wildman–Crippen LogP) is 2.10. The molecule has 0 bridgehead atoms. The van der Waals surface area contributed by atoms with Gasteiger partial charge in [0.2, 0.25) is 0 Å². The van der Waals surface area contributed by atoms with Crippen LogP contribution in [-0.4, -0.2) is 61.4 Å². The SMILES string of the molecule is COc1ccc(CNc2ncnc(C(=CN(C)C)C(=O)O)c2OC)c(OC)c1. The smallest absolute Gasteiger partial charge is 0.339 e. The van der Waals surface area contributed by atoms with Crippen LogP contribution in [0.1, 0.15) is 11.3 Å². The van der Waals surface area contributed by atoms with Crippen molar-refractivity contribution in [3.63, 3.8) is 0 Å². The molecule has 0 unspecified atom stereocenters. The van der Waals surface area contributed by atoms with E-state index in [4.69, 9.17) is 14.2 Å². The van der Waals surface area contributed by atoms with Crippen molar-refractivity contribution in [3.05, 3.63) is 42.0 Å². The first-order valence-electron chi connectivity index (χ1n) is 8.36. The normalized spacial score (nSPS) is 11.0. The zero-order chi connectivity index (χ0) is 20.7.